The van der Waals surface area contributed by atoms with Crippen LogP contribution in [0.25, 0.3) is 0 Å². The van der Waals surface area contributed by atoms with Crippen molar-refractivity contribution in [2.45, 2.75) is 19.3 Å². The van der Waals surface area contributed by atoms with Crippen LogP contribution in [-0.2, 0) is 4.79 Å². The van der Waals surface area contributed by atoms with Gasteiger partial charge in [-0.3, -0.25) is 4.79 Å². The van der Waals surface area contributed by atoms with Crippen LogP contribution in [0.4, 0.5) is 0 Å². The van der Waals surface area contributed by atoms with E-state index in [0.29, 0.717) is 6.42 Å². The molecule has 2 N–H and O–H groups in total. The second-order valence-electron chi connectivity index (χ2n) is 4.39. The SMILES string of the molecule is CSCCCC(=O)NCCCN1CCNCC1.Cl. The van der Waals surface area contributed by atoms with E-state index in [0.717, 1.165) is 57.9 Å². The molecule has 0 saturated carbocycles. The van der Waals surface area contributed by atoms with Crippen LogP contribution in [0.5, 0.6) is 0 Å². The molecule has 0 radical (unpaired) electrons. The first kappa shape index (κ1) is 18.0. The molecule has 108 valence electrons. The number of rotatable bonds is 8. The minimum Gasteiger partial charge on any atom is -0.356 e. The van der Waals surface area contributed by atoms with Gasteiger partial charge in [0.15, 0.2) is 0 Å². The molecular weight excluding hydrogens is 270 g/mol. The van der Waals surface area contributed by atoms with Crippen molar-refractivity contribution in [1.29, 1.82) is 0 Å². The van der Waals surface area contributed by atoms with Gasteiger partial charge in [0, 0.05) is 39.1 Å². The summed E-state index contributed by atoms with van der Waals surface area (Å²) < 4.78 is 0. The molecule has 1 aliphatic heterocycles. The second kappa shape index (κ2) is 12.1. The molecule has 1 rings (SSSR count). The Morgan fingerprint density at radius 3 is 2.72 bits per heavy atom. The van der Waals surface area contributed by atoms with Gasteiger partial charge in [0.2, 0.25) is 5.91 Å². The molecule has 0 aliphatic carbocycles. The first-order chi connectivity index (χ1) is 8.33. The molecule has 1 heterocycles. The van der Waals surface area contributed by atoms with E-state index in [-0.39, 0.29) is 18.3 Å². The number of carbonyl (C=O) groups is 1. The summed E-state index contributed by atoms with van der Waals surface area (Å²) in [5, 5.41) is 6.33. The fraction of sp³-hybridized carbons (Fsp3) is 0.917. The largest absolute Gasteiger partial charge is 0.356 e. The Kier molecular flexibility index (Phi) is 12.1. The van der Waals surface area contributed by atoms with E-state index in [4.69, 9.17) is 0 Å². The van der Waals surface area contributed by atoms with E-state index in [1.807, 2.05) is 0 Å². The van der Waals surface area contributed by atoms with Crippen molar-refractivity contribution in [2.24, 2.45) is 0 Å². The van der Waals surface area contributed by atoms with Gasteiger partial charge in [-0.05, 0) is 31.4 Å². The van der Waals surface area contributed by atoms with Gasteiger partial charge in [0.05, 0.1) is 0 Å². The maximum atomic E-state index is 11.4. The first-order valence-corrected chi connectivity index (χ1v) is 7.91. The lowest BCUT2D eigenvalue weighted by molar-refractivity contribution is -0.121. The molecule has 4 nitrogen and oxygen atoms in total. The van der Waals surface area contributed by atoms with E-state index in [1.165, 1.54) is 0 Å². The molecule has 18 heavy (non-hydrogen) atoms. The average molecular weight is 296 g/mol. The molecule has 0 spiro atoms. The third-order valence-electron chi connectivity index (χ3n) is 2.94. The summed E-state index contributed by atoms with van der Waals surface area (Å²) in [5.41, 5.74) is 0. The van der Waals surface area contributed by atoms with Gasteiger partial charge in [-0.1, -0.05) is 0 Å². The zero-order valence-corrected chi connectivity index (χ0v) is 12.9. The van der Waals surface area contributed by atoms with Gasteiger partial charge >= 0.3 is 0 Å². The summed E-state index contributed by atoms with van der Waals surface area (Å²) in [6.45, 7) is 6.40. The summed E-state index contributed by atoms with van der Waals surface area (Å²) in [7, 11) is 0. The molecule has 0 atom stereocenters. The molecule has 6 heteroatoms. The predicted octanol–water partition coefficient (Wildman–Crippen LogP) is 0.963. The second-order valence-corrected chi connectivity index (χ2v) is 5.38. The molecule has 1 fully saturated rings. The summed E-state index contributed by atoms with van der Waals surface area (Å²) >= 11 is 1.80. The zero-order valence-electron chi connectivity index (χ0n) is 11.2. The van der Waals surface area contributed by atoms with Crippen molar-refractivity contribution < 1.29 is 4.79 Å². The standard InChI is InChI=1S/C12H25N3OS.ClH/c1-17-11-2-4-12(16)14-5-3-8-15-9-6-13-7-10-15;/h13H,2-11H2,1H3,(H,14,16);1H. The van der Waals surface area contributed by atoms with Crippen molar-refractivity contribution in [3.63, 3.8) is 0 Å². The Labute approximate surface area is 121 Å². The fourth-order valence-electron chi connectivity index (χ4n) is 1.93. The van der Waals surface area contributed by atoms with E-state index in [1.54, 1.807) is 11.8 Å². The van der Waals surface area contributed by atoms with Crippen LogP contribution in [0.15, 0.2) is 0 Å². The Hall–Kier alpha value is 0.0300. The number of hydrogen-bond donors (Lipinski definition) is 2. The van der Waals surface area contributed by atoms with Gasteiger partial charge in [0.25, 0.3) is 0 Å². The Bertz CT molecular complexity index is 213. The maximum Gasteiger partial charge on any atom is 0.220 e. The smallest absolute Gasteiger partial charge is 0.220 e. The number of nitrogens with one attached hydrogen (secondary N) is 2. The highest BCUT2D eigenvalue weighted by Gasteiger charge is 2.08. The number of nitrogens with zero attached hydrogens (tertiary/aromatic N) is 1. The highest BCUT2D eigenvalue weighted by atomic mass is 35.5. The van der Waals surface area contributed by atoms with Crippen molar-refractivity contribution in [1.82, 2.24) is 15.5 Å². The fourth-order valence-corrected chi connectivity index (χ4v) is 2.36. The maximum absolute atomic E-state index is 11.4. The molecular formula is C12H26ClN3OS. The van der Waals surface area contributed by atoms with Crippen LogP contribution < -0.4 is 10.6 Å². The van der Waals surface area contributed by atoms with E-state index < -0.39 is 0 Å². The van der Waals surface area contributed by atoms with Crippen molar-refractivity contribution in [3.05, 3.63) is 0 Å². The van der Waals surface area contributed by atoms with Crippen molar-refractivity contribution in [2.75, 3.05) is 51.3 Å². The average Bonchev–Trinajstić information content (AvgIpc) is 2.36. The topological polar surface area (TPSA) is 44.4 Å². The van der Waals surface area contributed by atoms with E-state index in [9.17, 15) is 4.79 Å². The predicted molar refractivity (Wildman–Crippen MR) is 81.8 cm³/mol. The van der Waals surface area contributed by atoms with Gasteiger partial charge in [0.1, 0.15) is 0 Å². The van der Waals surface area contributed by atoms with Gasteiger partial charge in [-0.15, -0.1) is 12.4 Å². The monoisotopic (exact) mass is 295 g/mol. The number of carbonyl (C=O) groups excluding carboxylic acids is 1. The van der Waals surface area contributed by atoms with E-state index in [2.05, 4.69) is 21.8 Å². The first-order valence-electron chi connectivity index (χ1n) is 6.51. The molecule has 0 aromatic rings. The summed E-state index contributed by atoms with van der Waals surface area (Å²) in [6.07, 6.45) is 4.80. The lowest BCUT2D eigenvalue weighted by atomic mass is 10.3. The van der Waals surface area contributed by atoms with Gasteiger partial charge in [-0.2, -0.15) is 11.8 Å². The number of halogens is 1. The normalized spacial score (nSPS) is 16.1. The molecule has 0 unspecified atom stereocenters. The number of hydrogen-bond acceptors (Lipinski definition) is 4. The highest BCUT2D eigenvalue weighted by molar-refractivity contribution is 7.98. The lowest BCUT2D eigenvalue weighted by Crippen LogP contribution is -2.44. The molecule has 1 amide bonds. The van der Waals surface area contributed by atoms with E-state index >= 15 is 0 Å². The minimum atomic E-state index is 0. The highest BCUT2D eigenvalue weighted by Crippen LogP contribution is 1.99. The van der Waals surface area contributed by atoms with Crippen LogP contribution in [0, 0.1) is 0 Å². The Morgan fingerprint density at radius 1 is 1.33 bits per heavy atom. The third-order valence-corrected chi connectivity index (χ3v) is 3.63. The van der Waals surface area contributed by atoms with Crippen molar-refractivity contribution >= 4 is 30.1 Å². The zero-order chi connectivity index (χ0) is 12.3. The quantitative estimate of drug-likeness (QED) is 0.655. The molecule has 0 aromatic heterocycles. The number of amides is 1. The van der Waals surface area contributed by atoms with Crippen LogP contribution >= 0.6 is 24.2 Å². The Morgan fingerprint density at radius 2 is 2.06 bits per heavy atom. The van der Waals surface area contributed by atoms with Crippen LogP contribution in [0.3, 0.4) is 0 Å². The minimum absolute atomic E-state index is 0. The molecule has 0 aromatic carbocycles. The summed E-state index contributed by atoms with van der Waals surface area (Å²) in [5.74, 6) is 1.29. The molecule has 1 aliphatic rings. The van der Waals surface area contributed by atoms with Gasteiger partial charge in [-0.25, -0.2) is 0 Å². The van der Waals surface area contributed by atoms with Crippen molar-refractivity contribution in [3.8, 4) is 0 Å². The number of piperazine rings is 1. The number of thioether (sulfide) groups is 1. The van der Waals surface area contributed by atoms with Crippen LogP contribution in [-0.4, -0.2) is 62.1 Å². The summed E-state index contributed by atoms with van der Waals surface area (Å²) in [4.78, 5) is 13.9. The molecule has 0 bridgehead atoms. The third kappa shape index (κ3) is 9.03. The summed E-state index contributed by atoms with van der Waals surface area (Å²) in [6, 6.07) is 0. The lowest BCUT2D eigenvalue weighted by Gasteiger charge is -2.27. The molecule has 1 saturated heterocycles. The van der Waals surface area contributed by atoms with Gasteiger partial charge < -0.3 is 15.5 Å². The Balaban J connectivity index is 0.00000289. The van der Waals surface area contributed by atoms with Crippen LogP contribution in [0.1, 0.15) is 19.3 Å². The van der Waals surface area contributed by atoms with Crippen LogP contribution in [0.2, 0.25) is 0 Å².